The van der Waals surface area contributed by atoms with E-state index in [1.807, 2.05) is 6.07 Å². The van der Waals surface area contributed by atoms with Gasteiger partial charge < -0.3 is 0 Å². The topological polar surface area (TPSA) is 69.9 Å². The Morgan fingerprint density at radius 3 is 2.87 bits per heavy atom. The minimum atomic E-state index is -0.788. The molecule has 0 radical (unpaired) electrons. The van der Waals surface area contributed by atoms with Gasteiger partial charge in [-0.2, -0.15) is 0 Å². The van der Waals surface area contributed by atoms with Crippen molar-refractivity contribution >= 4 is 23.4 Å². The van der Waals surface area contributed by atoms with Gasteiger partial charge in [-0.15, -0.1) is 6.58 Å². The van der Waals surface area contributed by atoms with Crippen LogP contribution >= 0.6 is 11.8 Å². The Bertz CT molecular complexity index is 1190. The molecule has 1 amide bonds. The van der Waals surface area contributed by atoms with Crippen LogP contribution in [-0.4, -0.2) is 21.7 Å². The summed E-state index contributed by atoms with van der Waals surface area (Å²) in [5, 5.41) is 5.02. The molecule has 1 aliphatic heterocycles. The van der Waals surface area contributed by atoms with E-state index in [-0.39, 0.29) is 17.9 Å². The highest BCUT2D eigenvalue weighted by molar-refractivity contribution is 7.99. The van der Waals surface area contributed by atoms with Gasteiger partial charge in [0.1, 0.15) is 5.82 Å². The third kappa shape index (κ3) is 3.43. The summed E-state index contributed by atoms with van der Waals surface area (Å²) in [6, 6.07) is 13.2. The van der Waals surface area contributed by atoms with Crippen LogP contribution in [0.5, 0.6) is 0 Å². The van der Waals surface area contributed by atoms with Gasteiger partial charge in [-0.25, -0.2) is 9.29 Å². The van der Waals surface area contributed by atoms with Gasteiger partial charge in [0.2, 0.25) is 11.1 Å². The van der Waals surface area contributed by atoms with Crippen molar-refractivity contribution in [3.8, 4) is 11.3 Å². The number of hydrogen-bond donors (Lipinski definition) is 1. The van der Waals surface area contributed by atoms with Crippen molar-refractivity contribution in [1.29, 1.82) is 0 Å². The van der Waals surface area contributed by atoms with Crippen LogP contribution in [0.3, 0.4) is 0 Å². The number of thioether (sulfide) groups is 1. The molecule has 6 nitrogen and oxygen atoms in total. The van der Waals surface area contributed by atoms with E-state index in [1.54, 1.807) is 48.2 Å². The van der Waals surface area contributed by atoms with Crippen LogP contribution in [0, 0.1) is 5.82 Å². The van der Waals surface area contributed by atoms with E-state index < -0.39 is 12.0 Å². The molecule has 0 unspecified atom stereocenters. The van der Waals surface area contributed by atoms with Gasteiger partial charge in [0.15, 0.2) is 0 Å². The van der Waals surface area contributed by atoms with Crippen LogP contribution in [0.1, 0.15) is 25.1 Å². The molecule has 2 aromatic carbocycles. The molecular weight excluding hydrogens is 403 g/mol. The quantitative estimate of drug-likeness (QED) is 0.388. The first-order chi connectivity index (χ1) is 14.5. The minimum absolute atomic E-state index is 0.155. The second-order valence-electron chi connectivity index (χ2n) is 6.72. The Morgan fingerprint density at radius 1 is 1.33 bits per heavy atom. The lowest BCUT2D eigenvalue weighted by molar-refractivity contribution is -0.763. The normalized spacial score (nSPS) is 14.7. The van der Waals surface area contributed by atoms with Gasteiger partial charge in [0, 0.05) is 22.8 Å². The van der Waals surface area contributed by atoms with E-state index in [0.717, 1.165) is 0 Å². The molecule has 1 aromatic heterocycles. The zero-order valence-electron chi connectivity index (χ0n) is 16.3. The molecule has 152 valence electrons. The molecule has 0 aliphatic carbocycles. The standard InChI is InChI=1S/C22H19FN4O2S/c1-3-12-30-22-24-20(29)19-16-10-5-6-11-17(16)26(18(28)4-2)21(27(19)25-22)14-8-7-9-15(23)13-14/h3,5-11,13,21H,1,4,12H2,2H3/p+1/t21-/m1/s1. The smallest absolute Gasteiger partial charge is 0.291 e. The molecule has 8 heteroatoms. The average Bonchev–Trinajstić information content (AvgIpc) is 2.75. The Balaban J connectivity index is 2.04. The molecule has 1 aliphatic rings. The number of halogens is 1. The van der Waals surface area contributed by atoms with Gasteiger partial charge in [-0.3, -0.25) is 14.6 Å². The number of aromatic amines is 1. The second kappa shape index (κ2) is 8.23. The minimum Gasteiger partial charge on any atom is -0.291 e. The number of aromatic nitrogens is 3. The lowest BCUT2D eigenvalue weighted by Crippen LogP contribution is -2.60. The van der Waals surface area contributed by atoms with Gasteiger partial charge in [-0.05, 0) is 35.0 Å². The first kappa shape index (κ1) is 20.0. The number of carbonyl (C=O) groups is 1. The van der Waals surface area contributed by atoms with Crippen LogP contribution in [0.25, 0.3) is 11.3 Å². The maximum Gasteiger partial charge on any atom is 0.325 e. The molecule has 1 N–H and O–H groups in total. The summed E-state index contributed by atoms with van der Waals surface area (Å²) in [5.41, 5.74) is 1.71. The van der Waals surface area contributed by atoms with Gasteiger partial charge in [0.25, 0.3) is 6.17 Å². The number of hydrogen-bond acceptors (Lipinski definition) is 4. The largest absolute Gasteiger partial charge is 0.325 e. The van der Waals surface area contributed by atoms with Crippen LogP contribution in [0.15, 0.2) is 71.1 Å². The molecule has 0 spiro atoms. The molecule has 30 heavy (non-hydrogen) atoms. The monoisotopic (exact) mass is 423 g/mol. The van der Waals surface area contributed by atoms with Crippen LogP contribution < -0.4 is 15.1 Å². The summed E-state index contributed by atoms with van der Waals surface area (Å²) in [7, 11) is 0. The number of H-pyrrole nitrogens is 1. The number of fused-ring (bicyclic) bond motifs is 3. The Kier molecular flexibility index (Phi) is 5.50. The van der Waals surface area contributed by atoms with Crippen molar-refractivity contribution in [2.24, 2.45) is 0 Å². The van der Waals surface area contributed by atoms with E-state index in [4.69, 9.17) is 0 Å². The number of carbonyl (C=O) groups excluding carboxylic acids is 1. The third-order valence-electron chi connectivity index (χ3n) is 4.81. The van der Waals surface area contributed by atoms with Crippen LogP contribution in [-0.2, 0) is 4.79 Å². The molecule has 0 bridgehead atoms. The first-order valence-corrected chi connectivity index (χ1v) is 10.5. The highest BCUT2D eigenvalue weighted by atomic mass is 32.2. The lowest BCUT2D eigenvalue weighted by Gasteiger charge is -2.32. The zero-order chi connectivity index (χ0) is 21.3. The SMILES string of the molecule is C=CCSc1n[n+]2c(c(=O)[nH]1)-c1ccccc1N(C(=O)CC)[C@H]2c1cccc(F)c1. The van der Waals surface area contributed by atoms with Crippen molar-refractivity contribution in [3.05, 3.63) is 82.9 Å². The van der Waals surface area contributed by atoms with E-state index in [0.29, 0.717) is 33.4 Å². The third-order valence-corrected chi connectivity index (χ3v) is 5.67. The summed E-state index contributed by atoms with van der Waals surface area (Å²) < 4.78 is 15.6. The number of anilines is 1. The van der Waals surface area contributed by atoms with Crippen molar-refractivity contribution in [1.82, 2.24) is 10.1 Å². The molecule has 2 heterocycles. The van der Waals surface area contributed by atoms with Crippen LogP contribution in [0.4, 0.5) is 10.1 Å². The average molecular weight is 423 g/mol. The highest BCUT2D eigenvalue weighted by Crippen LogP contribution is 2.37. The Labute approximate surface area is 177 Å². The van der Waals surface area contributed by atoms with Crippen molar-refractivity contribution in [2.75, 3.05) is 10.7 Å². The predicted molar refractivity (Wildman–Crippen MR) is 114 cm³/mol. The van der Waals surface area contributed by atoms with Crippen LogP contribution in [0.2, 0.25) is 0 Å². The van der Waals surface area contributed by atoms with Crippen molar-refractivity contribution < 1.29 is 13.9 Å². The lowest BCUT2D eigenvalue weighted by atomic mass is 10.0. The summed E-state index contributed by atoms with van der Waals surface area (Å²) in [6.07, 6.45) is 1.17. The molecule has 0 saturated heterocycles. The molecule has 4 rings (SSSR count). The summed E-state index contributed by atoms with van der Waals surface area (Å²) >= 11 is 1.32. The Hall–Kier alpha value is -3.26. The molecule has 0 fully saturated rings. The number of nitrogens with zero attached hydrogens (tertiary/aromatic N) is 3. The first-order valence-electron chi connectivity index (χ1n) is 9.52. The molecule has 1 atom stereocenters. The van der Waals surface area contributed by atoms with Gasteiger partial charge >= 0.3 is 11.3 Å². The fraction of sp³-hybridized carbons (Fsp3) is 0.182. The van der Waals surface area contributed by atoms with E-state index in [9.17, 15) is 14.0 Å². The fourth-order valence-electron chi connectivity index (χ4n) is 3.58. The van der Waals surface area contributed by atoms with E-state index in [1.165, 1.54) is 28.6 Å². The zero-order valence-corrected chi connectivity index (χ0v) is 17.2. The number of para-hydroxylation sites is 1. The number of rotatable bonds is 5. The highest BCUT2D eigenvalue weighted by Gasteiger charge is 2.45. The number of amides is 1. The fourth-order valence-corrected chi connectivity index (χ4v) is 4.17. The maximum absolute atomic E-state index is 14.1. The maximum atomic E-state index is 14.1. The second-order valence-corrected chi connectivity index (χ2v) is 7.72. The number of benzene rings is 2. The predicted octanol–water partition coefficient (Wildman–Crippen LogP) is 3.45. The van der Waals surface area contributed by atoms with E-state index in [2.05, 4.69) is 16.7 Å². The summed E-state index contributed by atoms with van der Waals surface area (Å²) in [5.74, 6) is -0.0260. The molecule has 3 aromatic rings. The summed E-state index contributed by atoms with van der Waals surface area (Å²) in [4.78, 5) is 30.5. The summed E-state index contributed by atoms with van der Waals surface area (Å²) in [6.45, 7) is 5.46. The molecular formula is C22H20FN4O2S+. The van der Waals surface area contributed by atoms with Gasteiger partial charge in [-0.1, -0.05) is 43.0 Å². The van der Waals surface area contributed by atoms with Crippen molar-refractivity contribution in [3.63, 3.8) is 0 Å². The van der Waals surface area contributed by atoms with Gasteiger partial charge in [0.05, 0.1) is 11.3 Å². The number of nitrogens with one attached hydrogen (secondary N) is 1. The van der Waals surface area contributed by atoms with E-state index >= 15 is 0 Å². The Morgan fingerprint density at radius 2 is 2.13 bits per heavy atom. The molecule has 0 saturated carbocycles. The van der Waals surface area contributed by atoms with Crippen molar-refractivity contribution in [2.45, 2.75) is 24.7 Å².